The van der Waals surface area contributed by atoms with Gasteiger partial charge in [0.15, 0.2) is 4.96 Å². The first-order chi connectivity index (χ1) is 11.1. The van der Waals surface area contributed by atoms with E-state index in [1.165, 1.54) is 46.7 Å². The van der Waals surface area contributed by atoms with Gasteiger partial charge in [-0.15, -0.1) is 11.3 Å². The molecule has 4 rings (SSSR count). The number of carbonyl (C=O) groups excluding carboxylic acids is 1. The number of hydrogen-bond acceptors (Lipinski definition) is 4. The van der Waals surface area contributed by atoms with E-state index in [2.05, 4.69) is 10.3 Å². The number of halogens is 1. The Bertz CT molecular complexity index is 975. The Labute approximate surface area is 134 Å². The topological polar surface area (TPSA) is 63.5 Å². The third-order valence-electron chi connectivity index (χ3n) is 3.91. The maximum absolute atomic E-state index is 12.9. The smallest absolute Gasteiger partial charge is 0.282 e. The van der Waals surface area contributed by atoms with Crippen molar-refractivity contribution in [2.24, 2.45) is 0 Å². The molecule has 1 aromatic carbocycles. The van der Waals surface area contributed by atoms with Gasteiger partial charge in [0.1, 0.15) is 11.5 Å². The molecule has 2 heterocycles. The van der Waals surface area contributed by atoms with E-state index in [-0.39, 0.29) is 16.8 Å². The van der Waals surface area contributed by atoms with Crippen LogP contribution in [0.1, 0.15) is 27.3 Å². The molecule has 0 unspecified atom stereocenters. The van der Waals surface area contributed by atoms with Crippen LogP contribution < -0.4 is 10.9 Å². The Hall–Kier alpha value is -2.54. The van der Waals surface area contributed by atoms with Gasteiger partial charge in [0.2, 0.25) is 0 Å². The Balaban J connectivity index is 1.72. The number of amides is 1. The van der Waals surface area contributed by atoms with E-state index < -0.39 is 11.7 Å². The van der Waals surface area contributed by atoms with Crippen LogP contribution in [0.5, 0.6) is 0 Å². The zero-order valence-electron chi connectivity index (χ0n) is 12.0. The Kier molecular flexibility index (Phi) is 3.23. The fourth-order valence-corrected chi connectivity index (χ4v) is 3.96. The highest BCUT2D eigenvalue weighted by molar-refractivity contribution is 7.17. The van der Waals surface area contributed by atoms with E-state index in [9.17, 15) is 14.0 Å². The number of thiazole rings is 1. The van der Waals surface area contributed by atoms with Crippen LogP contribution in [0.2, 0.25) is 0 Å². The van der Waals surface area contributed by atoms with Gasteiger partial charge in [-0.25, -0.2) is 9.37 Å². The molecule has 0 fully saturated rings. The molecule has 0 atom stereocenters. The number of nitrogens with zero attached hydrogens (tertiary/aromatic N) is 2. The van der Waals surface area contributed by atoms with E-state index in [1.807, 2.05) is 0 Å². The van der Waals surface area contributed by atoms with Gasteiger partial charge in [0.05, 0.1) is 6.20 Å². The third-order valence-corrected chi connectivity index (χ3v) is 5.06. The minimum Gasteiger partial charge on any atom is -0.316 e. The molecular weight excluding hydrogens is 317 g/mol. The molecule has 0 bridgehead atoms. The Morgan fingerprint density at radius 3 is 2.83 bits per heavy atom. The Morgan fingerprint density at radius 1 is 1.26 bits per heavy atom. The van der Waals surface area contributed by atoms with Gasteiger partial charge in [-0.05, 0) is 43.5 Å². The molecule has 116 valence electrons. The van der Waals surface area contributed by atoms with Crippen molar-refractivity contribution in [3.8, 4) is 0 Å². The summed E-state index contributed by atoms with van der Waals surface area (Å²) < 4.78 is 14.5. The van der Waals surface area contributed by atoms with Crippen molar-refractivity contribution in [2.45, 2.75) is 19.3 Å². The zero-order valence-corrected chi connectivity index (χ0v) is 12.8. The molecule has 0 saturated heterocycles. The van der Waals surface area contributed by atoms with Gasteiger partial charge >= 0.3 is 0 Å². The standard InChI is InChI=1S/C16H12FN3O2S/c17-10-6-4-9(5-7-10)14(21)19-11-8-18-16-20(15(11)22)12-2-1-3-13(12)23-16/h4-8H,1-3H2,(H,19,21). The van der Waals surface area contributed by atoms with Gasteiger partial charge < -0.3 is 5.32 Å². The summed E-state index contributed by atoms with van der Waals surface area (Å²) in [5.41, 5.74) is 1.14. The van der Waals surface area contributed by atoms with Crippen LogP contribution in [0, 0.1) is 5.82 Å². The number of carbonyl (C=O) groups is 1. The van der Waals surface area contributed by atoms with Crippen LogP contribution in [0.15, 0.2) is 35.3 Å². The normalized spacial score (nSPS) is 13.3. The first-order valence-corrected chi connectivity index (χ1v) is 8.04. The number of anilines is 1. The van der Waals surface area contributed by atoms with Crippen LogP contribution in [-0.2, 0) is 12.8 Å². The molecule has 0 aliphatic heterocycles. The van der Waals surface area contributed by atoms with Crippen molar-refractivity contribution in [3.63, 3.8) is 0 Å². The lowest BCUT2D eigenvalue weighted by molar-refractivity contribution is 0.102. The summed E-state index contributed by atoms with van der Waals surface area (Å²) in [4.78, 5) is 30.9. The highest BCUT2D eigenvalue weighted by Crippen LogP contribution is 2.29. The molecule has 1 amide bonds. The van der Waals surface area contributed by atoms with Crippen LogP contribution in [0.3, 0.4) is 0 Å². The van der Waals surface area contributed by atoms with E-state index in [0.717, 1.165) is 25.0 Å². The molecule has 1 aliphatic carbocycles. The monoisotopic (exact) mass is 329 g/mol. The second-order valence-corrected chi connectivity index (χ2v) is 6.44. The molecule has 1 aliphatic rings. The van der Waals surface area contributed by atoms with E-state index >= 15 is 0 Å². The van der Waals surface area contributed by atoms with E-state index in [4.69, 9.17) is 0 Å². The third kappa shape index (κ3) is 2.33. The fraction of sp³-hybridized carbons (Fsp3) is 0.188. The lowest BCUT2D eigenvalue weighted by Gasteiger charge is -2.05. The predicted octanol–water partition coefficient (Wildman–Crippen LogP) is 2.64. The van der Waals surface area contributed by atoms with Crippen molar-refractivity contribution in [2.75, 3.05) is 5.32 Å². The average Bonchev–Trinajstić information content (AvgIpc) is 3.11. The maximum Gasteiger partial charge on any atom is 0.282 e. The second kappa shape index (κ2) is 5.27. The summed E-state index contributed by atoms with van der Waals surface area (Å²) in [5, 5.41) is 2.57. The van der Waals surface area contributed by atoms with Crippen LogP contribution >= 0.6 is 11.3 Å². The number of aromatic nitrogens is 2. The average molecular weight is 329 g/mol. The summed E-state index contributed by atoms with van der Waals surface area (Å²) >= 11 is 1.52. The highest BCUT2D eigenvalue weighted by Gasteiger charge is 2.21. The van der Waals surface area contributed by atoms with Crippen molar-refractivity contribution in [3.05, 3.63) is 62.8 Å². The molecule has 0 radical (unpaired) electrons. The minimum atomic E-state index is -0.462. The summed E-state index contributed by atoms with van der Waals surface area (Å²) in [6.07, 6.45) is 4.24. The van der Waals surface area contributed by atoms with Crippen molar-refractivity contribution < 1.29 is 9.18 Å². The molecule has 23 heavy (non-hydrogen) atoms. The van der Waals surface area contributed by atoms with Crippen LogP contribution in [0.25, 0.3) is 4.96 Å². The van der Waals surface area contributed by atoms with Gasteiger partial charge in [0.25, 0.3) is 11.5 Å². The van der Waals surface area contributed by atoms with Gasteiger partial charge in [-0.3, -0.25) is 14.0 Å². The van der Waals surface area contributed by atoms with Gasteiger partial charge in [-0.2, -0.15) is 0 Å². The summed E-state index contributed by atoms with van der Waals surface area (Å²) in [6, 6.07) is 5.15. The van der Waals surface area contributed by atoms with Crippen LogP contribution in [0.4, 0.5) is 10.1 Å². The van der Waals surface area contributed by atoms with Crippen LogP contribution in [-0.4, -0.2) is 15.3 Å². The maximum atomic E-state index is 12.9. The number of fused-ring (bicyclic) bond motifs is 3. The summed E-state index contributed by atoms with van der Waals surface area (Å²) in [6.45, 7) is 0. The molecule has 0 saturated carbocycles. The second-order valence-electron chi connectivity index (χ2n) is 5.38. The molecule has 1 N–H and O–H groups in total. The molecular formula is C16H12FN3O2S. The van der Waals surface area contributed by atoms with E-state index in [0.29, 0.717) is 4.96 Å². The number of rotatable bonds is 2. The largest absolute Gasteiger partial charge is 0.316 e. The first kappa shape index (κ1) is 14.1. The van der Waals surface area contributed by atoms with Crippen molar-refractivity contribution in [1.29, 1.82) is 0 Å². The Morgan fingerprint density at radius 2 is 2.04 bits per heavy atom. The lowest BCUT2D eigenvalue weighted by atomic mass is 10.2. The molecule has 7 heteroatoms. The van der Waals surface area contributed by atoms with Crippen molar-refractivity contribution in [1.82, 2.24) is 9.38 Å². The zero-order chi connectivity index (χ0) is 16.0. The molecule has 3 aromatic rings. The highest BCUT2D eigenvalue weighted by atomic mass is 32.1. The summed E-state index contributed by atoms with van der Waals surface area (Å²) in [7, 11) is 0. The number of nitrogens with one attached hydrogen (secondary N) is 1. The molecule has 2 aromatic heterocycles. The quantitative estimate of drug-likeness (QED) is 0.786. The molecule has 0 spiro atoms. The number of hydrogen-bond donors (Lipinski definition) is 1. The van der Waals surface area contributed by atoms with Crippen molar-refractivity contribution >= 4 is 27.9 Å². The lowest BCUT2D eigenvalue weighted by Crippen LogP contribution is -2.23. The first-order valence-electron chi connectivity index (χ1n) is 7.23. The number of benzene rings is 1. The molecule has 5 nitrogen and oxygen atoms in total. The SMILES string of the molecule is O=C(Nc1cnc2sc3c(n2c1=O)CCC3)c1ccc(F)cc1. The fourth-order valence-electron chi connectivity index (χ4n) is 2.79. The van der Waals surface area contributed by atoms with Gasteiger partial charge in [-0.1, -0.05) is 0 Å². The predicted molar refractivity (Wildman–Crippen MR) is 85.7 cm³/mol. The number of aryl methyl sites for hydroxylation is 2. The van der Waals surface area contributed by atoms with Gasteiger partial charge in [0, 0.05) is 16.1 Å². The summed E-state index contributed by atoms with van der Waals surface area (Å²) in [5.74, 6) is -0.880. The minimum absolute atomic E-state index is 0.129. The van der Waals surface area contributed by atoms with E-state index in [1.54, 1.807) is 4.40 Å².